The van der Waals surface area contributed by atoms with Crippen molar-refractivity contribution in [3.63, 3.8) is 0 Å². The minimum absolute atomic E-state index is 0.190. The van der Waals surface area contributed by atoms with Gasteiger partial charge in [0.05, 0.1) is 17.1 Å². The molecule has 0 radical (unpaired) electrons. The molecule has 7 heteroatoms. The van der Waals surface area contributed by atoms with Gasteiger partial charge < -0.3 is 5.11 Å². The molecule has 1 saturated heterocycles. The number of sulfone groups is 1. The van der Waals surface area contributed by atoms with Gasteiger partial charge in [0.1, 0.15) is 12.2 Å². The molecular formula is C11H19N3O3S. The van der Waals surface area contributed by atoms with Crippen LogP contribution in [0.25, 0.3) is 0 Å². The number of aromatic nitrogens is 3. The molecule has 0 aliphatic carbocycles. The van der Waals surface area contributed by atoms with Crippen LogP contribution in [0.3, 0.4) is 0 Å². The van der Waals surface area contributed by atoms with Crippen molar-refractivity contribution in [3.8, 4) is 0 Å². The van der Waals surface area contributed by atoms with E-state index >= 15 is 0 Å². The average Bonchev–Trinajstić information content (AvgIpc) is 2.75. The Morgan fingerprint density at radius 1 is 1.56 bits per heavy atom. The van der Waals surface area contributed by atoms with E-state index in [0.717, 1.165) is 6.42 Å². The van der Waals surface area contributed by atoms with Crippen LogP contribution in [0.1, 0.15) is 32.0 Å². The lowest BCUT2D eigenvalue weighted by Gasteiger charge is -2.26. The summed E-state index contributed by atoms with van der Waals surface area (Å²) in [6, 6.07) is 0. The van der Waals surface area contributed by atoms with E-state index in [1.807, 2.05) is 6.92 Å². The predicted octanol–water partition coefficient (Wildman–Crippen LogP) is 0.169. The molecular weight excluding hydrogens is 254 g/mol. The van der Waals surface area contributed by atoms with Gasteiger partial charge in [-0.3, -0.25) is 4.68 Å². The minimum atomic E-state index is -3.15. The van der Waals surface area contributed by atoms with Crippen LogP contribution in [-0.2, 0) is 22.8 Å². The second-order valence-corrected chi connectivity index (χ2v) is 7.00. The Labute approximate surface area is 107 Å². The number of nitrogens with zero attached hydrogens (tertiary/aromatic N) is 3. The summed E-state index contributed by atoms with van der Waals surface area (Å²) in [6.07, 6.45) is 2.91. The van der Waals surface area contributed by atoms with Crippen LogP contribution in [0.5, 0.6) is 0 Å². The summed E-state index contributed by atoms with van der Waals surface area (Å²) in [5.41, 5.74) is 0. The lowest BCUT2D eigenvalue weighted by Crippen LogP contribution is -2.40. The minimum Gasteiger partial charge on any atom is -0.391 e. The van der Waals surface area contributed by atoms with Gasteiger partial charge in [-0.25, -0.2) is 13.4 Å². The number of hydrogen-bond donors (Lipinski definition) is 1. The SMILES string of the molecule is CCn1ncnc1CC(O)C1CCCCS1(=O)=O. The Kier molecular flexibility index (Phi) is 4.01. The summed E-state index contributed by atoms with van der Waals surface area (Å²) in [5.74, 6) is 0.834. The zero-order valence-corrected chi connectivity index (χ0v) is 11.3. The number of aliphatic hydroxyl groups excluding tert-OH is 1. The van der Waals surface area contributed by atoms with Gasteiger partial charge in [0.15, 0.2) is 9.84 Å². The zero-order valence-electron chi connectivity index (χ0n) is 10.5. The quantitative estimate of drug-likeness (QED) is 0.845. The third-order valence-corrected chi connectivity index (χ3v) is 5.78. The van der Waals surface area contributed by atoms with E-state index in [1.54, 1.807) is 4.68 Å². The molecule has 0 bridgehead atoms. The second kappa shape index (κ2) is 5.36. The van der Waals surface area contributed by atoms with Gasteiger partial charge in [0.25, 0.3) is 0 Å². The molecule has 2 heterocycles. The van der Waals surface area contributed by atoms with Crippen LogP contribution < -0.4 is 0 Å². The third-order valence-electron chi connectivity index (χ3n) is 3.44. The molecule has 102 valence electrons. The molecule has 1 N–H and O–H groups in total. The Morgan fingerprint density at radius 3 is 3.00 bits per heavy atom. The molecule has 0 saturated carbocycles. The molecule has 1 aliphatic heterocycles. The maximum absolute atomic E-state index is 11.9. The molecule has 0 spiro atoms. The molecule has 1 fully saturated rings. The highest BCUT2D eigenvalue weighted by atomic mass is 32.2. The standard InChI is InChI=1S/C11H19N3O3S/c1-2-14-11(12-8-13-14)7-9(15)10-5-3-4-6-18(10,16)17/h8-10,15H,2-7H2,1H3. The predicted molar refractivity (Wildman–Crippen MR) is 66.8 cm³/mol. The van der Waals surface area contributed by atoms with E-state index < -0.39 is 21.2 Å². The van der Waals surface area contributed by atoms with Crippen molar-refractivity contribution in [1.29, 1.82) is 0 Å². The maximum atomic E-state index is 11.9. The second-order valence-electron chi connectivity index (χ2n) is 4.66. The van der Waals surface area contributed by atoms with E-state index in [0.29, 0.717) is 25.2 Å². The van der Waals surface area contributed by atoms with E-state index in [9.17, 15) is 13.5 Å². The summed E-state index contributed by atoms with van der Waals surface area (Å²) in [6.45, 7) is 2.60. The summed E-state index contributed by atoms with van der Waals surface area (Å²) >= 11 is 0. The monoisotopic (exact) mass is 273 g/mol. The van der Waals surface area contributed by atoms with E-state index in [-0.39, 0.29) is 12.2 Å². The van der Waals surface area contributed by atoms with Crippen molar-refractivity contribution in [2.45, 2.75) is 50.5 Å². The van der Waals surface area contributed by atoms with Crippen LogP contribution in [-0.4, -0.2) is 45.4 Å². The van der Waals surface area contributed by atoms with Gasteiger partial charge in [0, 0.05) is 13.0 Å². The Morgan fingerprint density at radius 2 is 2.33 bits per heavy atom. The molecule has 2 atom stereocenters. The highest BCUT2D eigenvalue weighted by molar-refractivity contribution is 7.92. The zero-order chi connectivity index (χ0) is 13.2. The van der Waals surface area contributed by atoms with Crippen LogP contribution >= 0.6 is 0 Å². The molecule has 2 rings (SSSR count). The Bertz CT molecular complexity index is 497. The normalized spacial score (nSPS) is 24.9. The first kappa shape index (κ1) is 13.5. The lowest BCUT2D eigenvalue weighted by atomic mass is 10.1. The first-order valence-corrected chi connectivity index (χ1v) is 8.02. The van der Waals surface area contributed by atoms with Crippen molar-refractivity contribution < 1.29 is 13.5 Å². The van der Waals surface area contributed by atoms with Gasteiger partial charge in [-0.1, -0.05) is 6.42 Å². The molecule has 1 aliphatic rings. The topological polar surface area (TPSA) is 85.1 Å². The van der Waals surface area contributed by atoms with Gasteiger partial charge in [-0.2, -0.15) is 5.10 Å². The van der Waals surface area contributed by atoms with Crippen molar-refractivity contribution in [2.24, 2.45) is 0 Å². The van der Waals surface area contributed by atoms with Crippen LogP contribution in [0, 0.1) is 0 Å². The van der Waals surface area contributed by atoms with Gasteiger partial charge >= 0.3 is 0 Å². The van der Waals surface area contributed by atoms with E-state index in [2.05, 4.69) is 10.1 Å². The van der Waals surface area contributed by atoms with Crippen molar-refractivity contribution >= 4 is 9.84 Å². The summed E-state index contributed by atoms with van der Waals surface area (Å²) in [4.78, 5) is 4.07. The summed E-state index contributed by atoms with van der Waals surface area (Å²) in [7, 11) is -3.15. The third kappa shape index (κ3) is 2.72. The average molecular weight is 273 g/mol. The van der Waals surface area contributed by atoms with Crippen LogP contribution in [0.15, 0.2) is 6.33 Å². The molecule has 0 aromatic carbocycles. The number of aliphatic hydroxyl groups is 1. The molecule has 1 aromatic heterocycles. The van der Waals surface area contributed by atoms with E-state index in [4.69, 9.17) is 0 Å². The lowest BCUT2D eigenvalue weighted by molar-refractivity contribution is 0.158. The first-order chi connectivity index (χ1) is 8.54. The largest absolute Gasteiger partial charge is 0.391 e. The maximum Gasteiger partial charge on any atom is 0.155 e. The highest BCUT2D eigenvalue weighted by Crippen LogP contribution is 2.23. The fourth-order valence-electron chi connectivity index (χ4n) is 2.44. The first-order valence-electron chi connectivity index (χ1n) is 6.31. The van der Waals surface area contributed by atoms with Gasteiger partial charge in [0.2, 0.25) is 0 Å². The smallest absolute Gasteiger partial charge is 0.155 e. The fraction of sp³-hybridized carbons (Fsp3) is 0.818. The van der Waals surface area contributed by atoms with Crippen LogP contribution in [0.2, 0.25) is 0 Å². The molecule has 2 unspecified atom stereocenters. The summed E-state index contributed by atoms with van der Waals surface area (Å²) in [5, 5.41) is 13.5. The number of rotatable bonds is 4. The van der Waals surface area contributed by atoms with Gasteiger partial charge in [-0.15, -0.1) is 0 Å². The summed E-state index contributed by atoms with van der Waals surface area (Å²) < 4.78 is 25.5. The Hall–Kier alpha value is -0.950. The van der Waals surface area contributed by atoms with Gasteiger partial charge in [-0.05, 0) is 19.8 Å². The van der Waals surface area contributed by atoms with E-state index in [1.165, 1.54) is 6.33 Å². The highest BCUT2D eigenvalue weighted by Gasteiger charge is 2.35. The Balaban J connectivity index is 2.10. The molecule has 6 nitrogen and oxygen atoms in total. The van der Waals surface area contributed by atoms with Crippen molar-refractivity contribution in [1.82, 2.24) is 14.8 Å². The molecule has 0 amide bonds. The fourth-order valence-corrected chi connectivity index (χ4v) is 4.45. The number of aryl methyl sites for hydroxylation is 1. The number of hydrogen-bond acceptors (Lipinski definition) is 5. The van der Waals surface area contributed by atoms with Crippen molar-refractivity contribution in [3.05, 3.63) is 12.2 Å². The molecule has 18 heavy (non-hydrogen) atoms. The van der Waals surface area contributed by atoms with Crippen molar-refractivity contribution in [2.75, 3.05) is 5.75 Å². The van der Waals surface area contributed by atoms with Crippen LogP contribution in [0.4, 0.5) is 0 Å². The molecule has 1 aromatic rings.